The summed E-state index contributed by atoms with van der Waals surface area (Å²) in [5.74, 6) is 6.30. The van der Waals surface area contributed by atoms with Crippen LogP contribution in [0.1, 0.15) is 26.2 Å². The number of hydrogen-bond acceptors (Lipinski definition) is 8. The molecule has 2 heterocycles. The van der Waals surface area contributed by atoms with Crippen LogP contribution in [0.5, 0.6) is 6.01 Å². The molecule has 0 atom stereocenters. The zero-order valence-corrected chi connectivity index (χ0v) is 12.9. The van der Waals surface area contributed by atoms with E-state index in [0.29, 0.717) is 24.5 Å². The number of rotatable bonds is 8. The van der Waals surface area contributed by atoms with Gasteiger partial charge in [0.25, 0.3) is 0 Å². The third-order valence-corrected chi connectivity index (χ3v) is 3.46. The van der Waals surface area contributed by atoms with Crippen LogP contribution >= 0.6 is 0 Å². The first-order valence-electron chi connectivity index (χ1n) is 7.52. The van der Waals surface area contributed by atoms with E-state index >= 15 is 0 Å². The second-order valence-corrected chi connectivity index (χ2v) is 5.20. The van der Waals surface area contributed by atoms with Gasteiger partial charge in [0.05, 0.1) is 6.61 Å². The standard InChI is InChI=1S/C13H25N7O/c1-3-10-21-13-16-11(18-14)15-12(17-13)19(2)8-9-20-6-4-5-7-20/h3-10,14H2,1-2H3,(H,15,16,17,18). The first-order chi connectivity index (χ1) is 10.2. The molecule has 0 saturated carbocycles. The molecular formula is C13H25N7O. The van der Waals surface area contributed by atoms with Crippen molar-refractivity contribution in [2.75, 3.05) is 50.2 Å². The van der Waals surface area contributed by atoms with Gasteiger partial charge in [-0.15, -0.1) is 0 Å². The summed E-state index contributed by atoms with van der Waals surface area (Å²) < 4.78 is 5.47. The topological polar surface area (TPSA) is 92.4 Å². The van der Waals surface area contributed by atoms with Gasteiger partial charge < -0.3 is 14.5 Å². The van der Waals surface area contributed by atoms with Gasteiger partial charge in [-0.05, 0) is 32.4 Å². The number of ether oxygens (including phenoxy) is 1. The highest BCUT2D eigenvalue weighted by atomic mass is 16.5. The summed E-state index contributed by atoms with van der Waals surface area (Å²) in [6.07, 6.45) is 3.49. The van der Waals surface area contributed by atoms with Crippen molar-refractivity contribution in [1.82, 2.24) is 19.9 Å². The van der Waals surface area contributed by atoms with Crippen LogP contribution in [-0.2, 0) is 0 Å². The Hall–Kier alpha value is -1.67. The van der Waals surface area contributed by atoms with Crippen molar-refractivity contribution in [3.05, 3.63) is 0 Å². The van der Waals surface area contributed by atoms with Gasteiger partial charge in [0.15, 0.2) is 0 Å². The molecule has 0 aromatic carbocycles. The molecule has 1 aromatic heterocycles. The largest absolute Gasteiger partial charge is 0.463 e. The predicted octanol–water partition coefficient (Wildman–Crippen LogP) is 0.478. The fraction of sp³-hybridized carbons (Fsp3) is 0.769. The number of nitrogens with one attached hydrogen (secondary N) is 1. The molecule has 1 saturated heterocycles. The molecule has 21 heavy (non-hydrogen) atoms. The fourth-order valence-electron chi connectivity index (χ4n) is 2.24. The Morgan fingerprint density at radius 1 is 1.29 bits per heavy atom. The molecule has 0 aliphatic carbocycles. The molecule has 1 aliphatic rings. The molecule has 0 spiro atoms. The molecule has 0 bridgehead atoms. The van der Waals surface area contributed by atoms with Gasteiger partial charge in [-0.1, -0.05) is 6.92 Å². The summed E-state index contributed by atoms with van der Waals surface area (Å²) in [7, 11) is 1.97. The van der Waals surface area contributed by atoms with E-state index < -0.39 is 0 Å². The molecule has 1 aliphatic heterocycles. The summed E-state index contributed by atoms with van der Waals surface area (Å²) >= 11 is 0. The summed E-state index contributed by atoms with van der Waals surface area (Å²) in [4.78, 5) is 17.1. The van der Waals surface area contributed by atoms with Crippen LogP contribution < -0.4 is 20.9 Å². The highest BCUT2D eigenvalue weighted by Gasteiger charge is 2.14. The maximum Gasteiger partial charge on any atom is 0.323 e. The number of likely N-dealkylation sites (N-methyl/N-ethyl adjacent to an activating group) is 1. The van der Waals surface area contributed by atoms with Crippen LogP contribution in [-0.4, -0.2) is 59.7 Å². The van der Waals surface area contributed by atoms with Gasteiger partial charge in [-0.3, -0.25) is 5.43 Å². The average molecular weight is 295 g/mol. The van der Waals surface area contributed by atoms with Crippen molar-refractivity contribution in [3.63, 3.8) is 0 Å². The molecule has 1 aromatic rings. The third kappa shape index (κ3) is 4.68. The maximum absolute atomic E-state index is 5.47. The van der Waals surface area contributed by atoms with Crippen LogP contribution in [0.4, 0.5) is 11.9 Å². The van der Waals surface area contributed by atoms with E-state index in [1.807, 2.05) is 18.9 Å². The smallest absolute Gasteiger partial charge is 0.323 e. The minimum Gasteiger partial charge on any atom is -0.463 e. The SMILES string of the molecule is CCCOc1nc(NN)nc(N(C)CCN2CCCC2)n1. The van der Waals surface area contributed by atoms with Crippen molar-refractivity contribution >= 4 is 11.9 Å². The van der Waals surface area contributed by atoms with E-state index in [1.54, 1.807) is 0 Å². The van der Waals surface area contributed by atoms with Crippen LogP contribution in [0.25, 0.3) is 0 Å². The van der Waals surface area contributed by atoms with Gasteiger partial charge in [0.1, 0.15) is 0 Å². The lowest BCUT2D eigenvalue weighted by Crippen LogP contribution is -2.32. The number of likely N-dealkylation sites (tertiary alicyclic amines) is 1. The van der Waals surface area contributed by atoms with Crippen LogP contribution in [0.15, 0.2) is 0 Å². The molecule has 118 valence electrons. The molecule has 1 fully saturated rings. The number of nitrogens with two attached hydrogens (primary N) is 1. The number of nitrogens with zero attached hydrogens (tertiary/aromatic N) is 5. The van der Waals surface area contributed by atoms with E-state index in [-0.39, 0.29) is 0 Å². The Morgan fingerprint density at radius 3 is 2.71 bits per heavy atom. The van der Waals surface area contributed by atoms with Crippen LogP contribution in [0, 0.1) is 0 Å². The zero-order valence-electron chi connectivity index (χ0n) is 12.9. The van der Waals surface area contributed by atoms with Gasteiger partial charge in [-0.2, -0.15) is 15.0 Å². The fourth-order valence-corrected chi connectivity index (χ4v) is 2.24. The highest BCUT2D eigenvalue weighted by Crippen LogP contribution is 2.14. The van der Waals surface area contributed by atoms with Gasteiger partial charge >= 0.3 is 6.01 Å². The molecule has 0 unspecified atom stereocenters. The van der Waals surface area contributed by atoms with E-state index in [2.05, 4.69) is 25.3 Å². The van der Waals surface area contributed by atoms with E-state index in [0.717, 1.165) is 19.5 Å². The van der Waals surface area contributed by atoms with E-state index in [9.17, 15) is 0 Å². The number of nitrogen functional groups attached to an aromatic ring is 1. The molecule has 8 nitrogen and oxygen atoms in total. The van der Waals surface area contributed by atoms with Crippen molar-refractivity contribution in [2.24, 2.45) is 5.84 Å². The molecule has 0 radical (unpaired) electrons. The van der Waals surface area contributed by atoms with Crippen LogP contribution in [0.2, 0.25) is 0 Å². The van der Waals surface area contributed by atoms with E-state index in [4.69, 9.17) is 10.6 Å². The molecule has 0 amide bonds. The monoisotopic (exact) mass is 295 g/mol. The summed E-state index contributed by atoms with van der Waals surface area (Å²) in [6, 6.07) is 0.308. The lowest BCUT2D eigenvalue weighted by molar-refractivity contribution is 0.291. The molecule has 3 N–H and O–H groups in total. The van der Waals surface area contributed by atoms with Crippen molar-refractivity contribution in [3.8, 4) is 6.01 Å². The molecular weight excluding hydrogens is 270 g/mol. The summed E-state index contributed by atoms with van der Waals surface area (Å²) in [6.45, 7) is 6.86. The second-order valence-electron chi connectivity index (χ2n) is 5.20. The lowest BCUT2D eigenvalue weighted by atomic mass is 10.4. The van der Waals surface area contributed by atoms with Crippen molar-refractivity contribution in [2.45, 2.75) is 26.2 Å². The van der Waals surface area contributed by atoms with E-state index in [1.165, 1.54) is 25.9 Å². The predicted molar refractivity (Wildman–Crippen MR) is 82.4 cm³/mol. The molecule has 2 rings (SSSR count). The number of aromatic nitrogens is 3. The zero-order chi connectivity index (χ0) is 15.1. The van der Waals surface area contributed by atoms with Crippen molar-refractivity contribution < 1.29 is 4.74 Å². The Balaban J connectivity index is 1.98. The van der Waals surface area contributed by atoms with Crippen molar-refractivity contribution in [1.29, 1.82) is 0 Å². The number of hydrazine groups is 1. The minimum atomic E-state index is 0.308. The minimum absolute atomic E-state index is 0.308. The summed E-state index contributed by atoms with van der Waals surface area (Å²) in [5.41, 5.74) is 2.46. The number of hydrogen-bond donors (Lipinski definition) is 2. The molecule has 8 heteroatoms. The quantitative estimate of drug-likeness (QED) is 0.528. The van der Waals surface area contributed by atoms with Gasteiger partial charge in [0, 0.05) is 20.1 Å². The average Bonchev–Trinajstić information content (AvgIpc) is 3.03. The first kappa shape index (κ1) is 15.7. The Kier molecular flexibility index (Phi) is 5.94. The third-order valence-electron chi connectivity index (χ3n) is 3.46. The first-order valence-corrected chi connectivity index (χ1v) is 7.52. The van der Waals surface area contributed by atoms with Gasteiger partial charge in [-0.25, -0.2) is 5.84 Å². The van der Waals surface area contributed by atoms with Gasteiger partial charge in [0.2, 0.25) is 11.9 Å². The summed E-state index contributed by atoms with van der Waals surface area (Å²) in [5, 5.41) is 0. The maximum atomic E-state index is 5.47. The Labute approximate surface area is 125 Å². The highest BCUT2D eigenvalue weighted by molar-refractivity contribution is 5.36. The Bertz CT molecular complexity index is 437. The number of anilines is 2. The lowest BCUT2D eigenvalue weighted by Gasteiger charge is -2.21. The van der Waals surface area contributed by atoms with Crippen LogP contribution in [0.3, 0.4) is 0 Å². The Morgan fingerprint density at radius 2 is 2.05 bits per heavy atom. The second kappa shape index (κ2) is 7.94. The normalized spacial score (nSPS) is 15.2.